The molecule has 0 aliphatic heterocycles. The number of hydrogen-bond acceptors (Lipinski definition) is 3. The van der Waals surface area contributed by atoms with Crippen molar-refractivity contribution in [2.24, 2.45) is 0 Å². The van der Waals surface area contributed by atoms with Crippen LogP contribution in [0.3, 0.4) is 0 Å². The fourth-order valence-corrected chi connectivity index (χ4v) is 2.14. The van der Waals surface area contributed by atoms with Crippen LogP contribution in [-0.4, -0.2) is 19.2 Å². The molecule has 1 heterocycles. The van der Waals surface area contributed by atoms with Gasteiger partial charge in [-0.1, -0.05) is 11.6 Å². The van der Waals surface area contributed by atoms with Crippen molar-refractivity contribution in [2.45, 2.75) is 20.3 Å². The smallest absolute Gasteiger partial charge is 0.255 e. The second-order valence-corrected chi connectivity index (χ2v) is 4.86. The molecule has 0 saturated carbocycles. The van der Waals surface area contributed by atoms with Gasteiger partial charge in [-0.25, -0.2) is 0 Å². The maximum Gasteiger partial charge on any atom is 0.255 e. The standard InChI is InChI=1S/C16H19NO3/c1-10(2)5-7-12-15(20-4)13-9-11(19-3)6-8-14(13)17-16(12)18/h5-6,8-9H,7H2,1-4H3,(H,17,18). The molecule has 1 aromatic heterocycles. The van der Waals surface area contributed by atoms with Crippen molar-refractivity contribution in [1.29, 1.82) is 0 Å². The number of methoxy groups -OCH3 is 2. The molecular weight excluding hydrogens is 254 g/mol. The first kappa shape index (κ1) is 14.2. The summed E-state index contributed by atoms with van der Waals surface area (Å²) in [5, 5.41) is 0.851. The van der Waals surface area contributed by atoms with Crippen molar-refractivity contribution in [3.05, 3.63) is 45.8 Å². The third-order valence-electron chi connectivity index (χ3n) is 3.19. The van der Waals surface area contributed by atoms with Gasteiger partial charge in [-0.3, -0.25) is 4.79 Å². The van der Waals surface area contributed by atoms with Gasteiger partial charge in [0.15, 0.2) is 0 Å². The maximum absolute atomic E-state index is 12.2. The zero-order chi connectivity index (χ0) is 14.7. The highest BCUT2D eigenvalue weighted by Gasteiger charge is 2.13. The molecule has 2 aromatic rings. The summed E-state index contributed by atoms with van der Waals surface area (Å²) in [5.74, 6) is 1.34. The highest BCUT2D eigenvalue weighted by molar-refractivity contribution is 5.87. The Hall–Kier alpha value is -2.23. The van der Waals surface area contributed by atoms with E-state index in [0.29, 0.717) is 17.7 Å². The highest BCUT2D eigenvalue weighted by atomic mass is 16.5. The number of aromatic amines is 1. The summed E-state index contributed by atoms with van der Waals surface area (Å²) in [6, 6.07) is 5.51. The number of rotatable bonds is 4. The summed E-state index contributed by atoms with van der Waals surface area (Å²) in [6.45, 7) is 4.01. The summed E-state index contributed by atoms with van der Waals surface area (Å²) in [5.41, 5.74) is 2.43. The number of benzene rings is 1. The van der Waals surface area contributed by atoms with Gasteiger partial charge in [0.25, 0.3) is 5.56 Å². The SMILES string of the molecule is COc1ccc2[nH]c(=O)c(CC=C(C)C)c(OC)c2c1. The average Bonchev–Trinajstić information content (AvgIpc) is 2.43. The molecule has 106 valence electrons. The van der Waals surface area contributed by atoms with Crippen molar-refractivity contribution in [2.75, 3.05) is 14.2 Å². The lowest BCUT2D eigenvalue weighted by Gasteiger charge is -2.11. The van der Waals surface area contributed by atoms with E-state index in [1.807, 2.05) is 38.1 Å². The van der Waals surface area contributed by atoms with E-state index in [0.717, 1.165) is 22.2 Å². The summed E-state index contributed by atoms with van der Waals surface area (Å²) in [4.78, 5) is 15.1. The molecule has 1 aromatic carbocycles. The molecular formula is C16H19NO3. The van der Waals surface area contributed by atoms with E-state index >= 15 is 0 Å². The van der Waals surface area contributed by atoms with Crippen molar-refractivity contribution in [1.82, 2.24) is 4.98 Å². The van der Waals surface area contributed by atoms with Crippen LogP contribution in [0.2, 0.25) is 0 Å². The van der Waals surface area contributed by atoms with Crippen LogP contribution in [0, 0.1) is 0 Å². The van der Waals surface area contributed by atoms with E-state index in [-0.39, 0.29) is 5.56 Å². The van der Waals surface area contributed by atoms with Gasteiger partial charge in [0, 0.05) is 5.39 Å². The highest BCUT2D eigenvalue weighted by Crippen LogP contribution is 2.29. The lowest BCUT2D eigenvalue weighted by atomic mass is 10.1. The number of pyridine rings is 1. The van der Waals surface area contributed by atoms with E-state index in [4.69, 9.17) is 9.47 Å². The van der Waals surface area contributed by atoms with Crippen molar-refractivity contribution < 1.29 is 9.47 Å². The van der Waals surface area contributed by atoms with E-state index in [2.05, 4.69) is 4.98 Å². The number of hydrogen-bond donors (Lipinski definition) is 1. The molecule has 4 nitrogen and oxygen atoms in total. The van der Waals surface area contributed by atoms with Crippen LogP contribution in [0.5, 0.6) is 11.5 Å². The number of nitrogens with one attached hydrogen (secondary N) is 1. The van der Waals surface area contributed by atoms with Crippen LogP contribution in [0.15, 0.2) is 34.6 Å². The molecule has 0 amide bonds. The monoisotopic (exact) mass is 273 g/mol. The summed E-state index contributed by atoms with van der Waals surface area (Å²) >= 11 is 0. The number of H-pyrrole nitrogens is 1. The van der Waals surface area contributed by atoms with Crippen molar-refractivity contribution in [3.63, 3.8) is 0 Å². The largest absolute Gasteiger partial charge is 0.497 e. The average molecular weight is 273 g/mol. The maximum atomic E-state index is 12.2. The summed E-state index contributed by atoms with van der Waals surface area (Å²) in [7, 11) is 3.20. The quantitative estimate of drug-likeness (QED) is 0.871. The Morgan fingerprint density at radius 1 is 1.25 bits per heavy atom. The van der Waals surface area contributed by atoms with Gasteiger partial charge in [-0.05, 0) is 38.5 Å². The molecule has 0 radical (unpaired) electrons. The molecule has 0 atom stereocenters. The first-order valence-corrected chi connectivity index (χ1v) is 6.47. The molecule has 0 spiro atoms. The molecule has 0 aliphatic carbocycles. The van der Waals surface area contributed by atoms with E-state index < -0.39 is 0 Å². The summed E-state index contributed by atoms with van der Waals surface area (Å²) in [6.07, 6.45) is 2.56. The normalized spacial score (nSPS) is 10.4. The van der Waals surface area contributed by atoms with Crippen molar-refractivity contribution >= 4 is 10.9 Å². The minimum atomic E-state index is -0.114. The van der Waals surface area contributed by atoms with Crippen LogP contribution in [0.4, 0.5) is 0 Å². The molecule has 2 rings (SSSR count). The first-order valence-electron chi connectivity index (χ1n) is 6.47. The van der Waals surface area contributed by atoms with Gasteiger partial charge in [-0.15, -0.1) is 0 Å². The number of ether oxygens (including phenoxy) is 2. The Bertz CT molecular complexity index is 709. The van der Waals surface area contributed by atoms with Gasteiger partial charge < -0.3 is 14.5 Å². The predicted octanol–water partition coefficient (Wildman–Crippen LogP) is 3.05. The number of allylic oxidation sites excluding steroid dienone is 2. The van der Waals surface area contributed by atoms with Crippen LogP contribution in [-0.2, 0) is 6.42 Å². The van der Waals surface area contributed by atoms with Gasteiger partial charge >= 0.3 is 0 Å². The van der Waals surface area contributed by atoms with E-state index in [9.17, 15) is 4.79 Å². The molecule has 1 N–H and O–H groups in total. The van der Waals surface area contributed by atoms with Gasteiger partial charge in [0.2, 0.25) is 0 Å². The molecule has 20 heavy (non-hydrogen) atoms. The first-order chi connectivity index (χ1) is 9.56. The minimum absolute atomic E-state index is 0.114. The third kappa shape index (κ3) is 2.69. The minimum Gasteiger partial charge on any atom is -0.497 e. The molecule has 0 fully saturated rings. The fourth-order valence-electron chi connectivity index (χ4n) is 2.14. The van der Waals surface area contributed by atoms with E-state index in [1.54, 1.807) is 14.2 Å². The Morgan fingerprint density at radius 3 is 2.60 bits per heavy atom. The number of aromatic nitrogens is 1. The van der Waals surface area contributed by atoms with Crippen LogP contribution < -0.4 is 15.0 Å². The zero-order valence-electron chi connectivity index (χ0n) is 12.2. The Kier molecular flexibility index (Phi) is 4.13. The fraction of sp³-hybridized carbons (Fsp3) is 0.312. The Balaban J connectivity index is 2.70. The van der Waals surface area contributed by atoms with Gasteiger partial charge in [0.1, 0.15) is 11.5 Å². The molecule has 4 heteroatoms. The topological polar surface area (TPSA) is 51.3 Å². The van der Waals surface area contributed by atoms with Gasteiger partial charge in [0.05, 0.1) is 25.3 Å². The van der Waals surface area contributed by atoms with Crippen LogP contribution in [0.25, 0.3) is 10.9 Å². The van der Waals surface area contributed by atoms with Crippen LogP contribution in [0.1, 0.15) is 19.4 Å². The van der Waals surface area contributed by atoms with Crippen LogP contribution >= 0.6 is 0 Å². The zero-order valence-corrected chi connectivity index (χ0v) is 12.2. The lowest BCUT2D eigenvalue weighted by molar-refractivity contribution is 0.410. The van der Waals surface area contributed by atoms with Gasteiger partial charge in [-0.2, -0.15) is 0 Å². The summed E-state index contributed by atoms with van der Waals surface area (Å²) < 4.78 is 10.7. The molecule has 0 unspecified atom stereocenters. The predicted molar refractivity (Wildman–Crippen MR) is 80.8 cm³/mol. The number of fused-ring (bicyclic) bond motifs is 1. The third-order valence-corrected chi connectivity index (χ3v) is 3.19. The molecule has 0 saturated heterocycles. The Morgan fingerprint density at radius 2 is 2.00 bits per heavy atom. The lowest BCUT2D eigenvalue weighted by Crippen LogP contribution is -2.14. The van der Waals surface area contributed by atoms with E-state index in [1.165, 1.54) is 0 Å². The molecule has 0 aliphatic rings. The molecule has 0 bridgehead atoms. The Labute approximate surface area is 118 Å². The van der Waals surface area contributed by atoms with Crippen molar-refractivity contribution in [3.8, 4) is 11.5 Å². The second-order valence-electron chi connectivity index (χ2n) is 4.86. The second kappa shape index (κ2) is 5.82.